The molecule has 2 nitrogen and oxygen atoms in total. The minimum Gasteiger partial charge on any atom is -0.497 e. The van der Waals surface area contributed by atoms with Crippen LogP contribution in [0.5, 0.6) is 5.75 Å². The summed E-state index contributed by atoms with van der Waals surface area (Å²) in [6.45, 7) is 0. The largest absolute Gasteiger partial charge is 0.497 e. The average Bonchev–Trinajstić information content (AvgIpc) is 2.52. The van der Waals surface area contributed by atoms with Gasteiger partial charge in [0.05, 0.1) is 13.0 Å². The van der Waals surface area contributed by atoms with Gasteiger partial charge >= 0.3 is 0 Å². The number of alkyl halides is 3. The van der Waals surface area contributed by atoms with Crippen molar-refractivity contribution >= 4 is 40.6 Å². The van der Waals surface area contributed by atoms with E-state index >= 15 is 0 Å². The minimum atomic E-state index is -1.50. The molecule has 0 aliphatic rings. The molecule has 116 valence electrons. The Hall–Kier alpha value is -1.22. The number of hydrogen-bond acceptors (Lipinski definition) is 2. The molecular weight excluding hydrogens is 343 g/mol. The molecular formula is C17H15Cl3O2. The summed E-state index contributed by atoms with van der Waals surface area (Å²) in [6, 6.07) is 16.2. The minimum absolute atomic E-state index is 0.0721. The Morgan fingerprint density at radius 2 is 1.64 bits per heavy atom. The van der Waals surface area contributed by atoms with E-state index < -0.39 is 9.71 Å². The molecule has 0 aromatic heterocycles. The van der Waals surface area contributed by atoms with Gasteiger partial charge in [-0.05, 0) is 17.7 Å². The molecule has 0 radical (unpaired) electrons. The highest BCUT2D eigenvalue weighted by Gasteiger charge is 2.31. The predicted octanol–water partition coefficient (Wildman–Crippen LogP) is 5.42. The normalized spacial score (nSPS) is 12.7. The topological polar surface area (TPSA) is 26.3 Å². The first-order valence-electron chi connectivity index (χ1n) is 6.70. The van der Waals surface area contributed by atoms with Crippen LogP contribution < -0.4 is 4.74 Å². The lowest BCUT2D eigenvalue weighted by Crippen LogP contribution is -2.19. The van der Waals surface area contributed by atoms with Crippen LogP contribution in [0.25, 0.3) is 0 Å². The molecule has 0 bridgehead atoms. The zero-order valence-electron chi connectivity index (χ0n) is 11.9. The fourth-order valence-electron chi connectivity index (χ4n) is 2.23. The Labute approximate surface area is 144 Å². The van der Waals surface area contributed by atoms with Crippen molar-refractivity contribution in [3.05, 3.63) is 65.7 Å². The van der Waals surface area contributed by atoms with Gasteiger partial charge in [0.1, 0.15) is 5.75 Å². The van der Waals surface area contributed by atoms with E-state index in [-0.39, 0.29) is 12.2 Å². The lowest BCUT2D eigenvalue weighted by molar-refractivity contribution is 0.0955. The van der Waals surface area contributed by atoms with E-state index in [1.54, 1.807) is 31.4 Å². The lowest BCUT2D eigenvalue weighted by Gasteiger charge is -2.21. The Morgan fingerprint density at radius 3 is 2.14 bits per heavy atom. The standard InChI is InChI=1S/C17H15Cl3O2/c1-22-14-9-7-12(8-10-14)15(11-17(18,19)20)16(21)13-5-3-2-4-6-13/h2-10,15H,11H2,1H3. The summed E-state index contributed by atoms with van der Waals surface area (Å²) in [7, 11) is 1.59. The van der Waals surface area contributed by atoms with Gasteiger partial charge in [0, 0.05) is 12.0 Å². The van der Waals surface area contributed by atoms with E-state index in [4.69, 9.17) is 39.5 Å². The van der Waals surface area contributed by atoms with Crippen LogP contribution in [-0.2, 0) is 0 Å². The van der Waals surface area contributed by atoms with E-state index in [1.165, 1.54) is 0 Å². The third-order valence-electron chi connectivity index (χ3n) is 3.33. The number of halogens is 3. The highest BCUT2D eigenvalue weighted by molar-refractivity contribution is 6.67. The zero-order chi connectivity index (χ0) is 16.2. The molecule has 0 spiro atoms. The van der Waals surface area contributed by atoms with Gasteiger partial charge in [-0.15, -0.1) is 0 Å². The van der Waals surface area contributed by atoms with Crippen LogP contribution in [0, 0.1) is 0 Å². The Kier molecular flexibility index (Phi) is 5.74. The molecule has 0 aliphatic carbocycles. The second kappa shape index (κ2) is 7.36. The number of carbonyl (C=O) groups excluding carboxylic acids is 1. The lowest BCUT2D eigenvalue weighted by atomic mass is 9.88. The van der Waals surface area contributed by atoms with Crippen molar-refractivity contribution in [1.29, 1.82) is 0 Å². The number of methoxy groups -OCH3 is 1. The van der Waals surface area contributed by atoms with Gasteiger partial charge in [-0.2, -0.15) is 0 Å². The van der Waals surface area contributed by atoms with Crippen molar-refractivity contribution in [2.45, 2.75) is 16.1 Å². The smallest absolute Gasteiger partial charge is 0.191 e. The second-order valence-electron chi connectivity index (χ2n) is 4.88. The number of ether oxygens (including phenoxy) is 1. The maximum Gasteiger partial charge on any atom is 0.191 e. The monoisotopic (exact) mass is 356 g/mol. The van der Waals surface area contributed by atoms with E-state index in [0.717, 1.165) is 5.56 Å². The summed E-state index contributed by atoms with van der Waals surface area (Å²) in [4.78, 5) is 12.8. The molecule has 0 heterocycles. The van der Waals surface area contributed by atoms with Crippen molar-refractivity contribution in [1.82, 2.24) is 0 Å². The Morgan fingerprint density at radius 1 is 1.05 bits per heavy atom. The number of hydrogen-bond donors (Lipinski definition) is 0. The van der Waals surface area contributed by atoms with Crippen molar-refractivity contribution in [3.63, 3.8) is 0 Å². The zero-order valence-corrected chi connectivity index (χ0v) is 14.2. The van der Waals surface area contributed by atoms with Gasteiger partial charge in [0.2, 0.25) is 0 Å². The average molecular weight is 358 g/mol. The number of ketones is 1. The molecule has 0 aliphatic heterocycles. The molecule has 0 fully saturated rings. The van der Waals surface area contributed by atoms with Crippen LogP contribution in [0.3, 0.4) is 0 Å². The quantitative estimate of drug-likeness (QED) is 0.527. The van der Waals surface area contributed by atoms with Gasteiger partial charge in [0.25, 0.3) is 0 Å². The summed E-state index contributed by atoms with van der Waals surface area (Å²) in [5, 5.41) is 0. The van der Waals surface area contributed by atoms with E-state index in [9.17, 15) is 4.79 Å². The van der Waals surface area contributed by atoms with Crippen molar-refractivity contribution in [2.24, 2.45) is 0 Å². The van der Waals surface area contributed by atoms with Gasteiger partial charge in [-0.1, -0.05) is 77.3 Å². The van der Waals surface area contributed by atoms with E-state index in [1.807, 2.05) is 30.3 Å². The maximum atomic E-state index is 12.8. The van der Waals surface area contributed by atoms with Crippen molar-refractivity contribution < 1.29 is 9.53 Å². The number of carbonyl (C=O) groups is 1. The number of Topliss-reactive ketones (excluding diaryl/α,β-unsaturated/α-hetero) is 1. The fourth-order valence-corrected chi connectivity index (χ4v) is 2.70. The number of rotatable bonds is 5. The summed E-state index contributed by atoms with van der Waals surface area (Å²) >= 11 is 17.8. The van der Waals surface area contributed by atoms with Crippen LogP contribution >= 0.6 is 34.8 Å². The molecule has 2 aromatic carbocycles. The number of benzene rings is 2. The van der Waals surface area contributed by atoms with Crippen LogP contribution in [0.15, 0.2) is 54.6 Å². The molecule has 0 amide bonds. The molecule has 0 N–H and O–H groups in total. The molecule has 0 saturated carbocycles. The van der Waals surface area contributed by atoms with Crippen LogP contribution in [0.2, 0.25) is 0 Å². The predicted molar refractivity (Wildman–Crippen MR) is 91.4 cm³/mol. The fraction of sp³-hybridized carbons (Fsp3) is 0.235. The third-order valence-corrected chi connectivity index (χ3v) is 3.79. The highest BCUT2D eigenvalue weighted by Crippen LogP contribution is 2.39. The molecule has 22 heavy (non-hydrogen) atoms. The summed E-state index contributed by atoms with van der Waals surface area (Å²) in [6.07, 6.45) is 0.109. The molecule has 5 heteroatoms. The van der Waals surface area contributed by atoms with Crippen LogP contribution in [0.1, 0.15) is 28.3 Å². The first-order valence-corrected chi connectivity index (χ1v) is 7.84. The third kappa shape index (κ3) is 4.64. The van der Waals surface area contributed by atoms with E-state index in [0.29, 0.717) is 11.3 Å². The van der Waals surface area contributed by atoms with Crippen molar-refractivity contribution in [3.8, 4) is 5.75 Å². The van der Waals surface area contributed by atoms with Gasteiger partial charge in [0.15, 0.2) is 9.58 Å². The SMILES string of the molecule is COc1ccc(C(CC(Cl)(Cl)Cl)C(=O)c2ccccc2)cc1. The molecule has 2 rings (SSSR count). The van der Waals surface area contributed by atoms with Gasteiger partial charge in [-0.3, -0.25) is 4.79 Å². The second-order valence-corrected chi connectivity index (χ2v) is 7.39. The summed E-state index contributed by atoms with van der Waals surface area (Å²) in [5.74, 6) is 0.112. The highest BCUT2D eigenvalue weighted by atomic mass is 35.6. The Balaban J connectivity index is 2.35. The summed E-state index contributed by atoms with van der Waals surface area (Å²) < 4.78 is 3.63. The van der Waals surface area contributed by atoms with Gasteiger partial charge in [-0.25, -0.2) is 0 Å². The van der Waals surface area contributed by atoms with Crippen molar-refractivity contribution in [2.75, 3.05) is 7.11 Å². The summed E-state index contributed by atoms with van der Waals surface area (Å²) in [5.41, 5.74) is 1.39. The molecule has 2 aromatic rings. The molecule has 1 unspecified atom stereocenters. The molecule has 1 atom stereocenters. The molecule has 0 saturated heterocycles. The Bertz CT molecular complexity index is 619. The maximum absolute atomic E-state index is 12.8. The van der Waals surface area contributed by atoms with Crippen LogP contribution in [-0.4, -0.2) is 16.7 Å². The van der Waals surface area contributed by atoms with Gasteiger partial charge < -0.3 is 4.74 Å². The first-order chi connectivity index (χ1) is 10.4. The van der Waals surface area contributed by atoms with E-state index in [2.05, 4.69) is 0 Å². The van der Waals surface area contributed by atoms with Crippen LogP contribution in [0.4, 0.5) is 0 Å². The first kappa shape index (κ1) is 17.1.